The first-order valence-electron chi connectivity index (χ1n) is 7.01. The molecule has 3 heteroatoms. The predicted molar refractivity (Wildman–Crippen MR) is 88.5 cm³/mol. The van der Waals surface area contributed by atoms with E-state index in [4.69, 9.17) is 5.11 Å². The van der Waals surface area contributed by atoms with Crippen molar-refractivity contribution in [2.75, 3.05) is 6.61 Å². The Morgan fingerprint density at radius 3 is 2.43 bits per heavy atom. The van der Waals surface area contributed by atoms with E-state index in [-0.39, 0.29) is 6.61 Å². The molecule has 1 N–H and O–H groups in total. The average molecular weight is 295 g/mol. The zero-order valence-electron chi connectivity index (χ0n) is 11.9. The van der Waals surface area contributed by atoms with E-state index in [1.165, 1.54) is 16.0 Å². The summed E-state index contributed by atoms with van der Waals surface area (Å²) in [5, 5.41) is 10.1. The Labute approximate surface area is 128 Å². The third-order valence-electron chi connectivity index (χ3n) is 3.46. The van der Waals surface area contributed by atoms with Crippen LogP contribution >= 0.6 is 11.3 Å². The predicted octanol–water partition coefficient (Wildman–Crippen LogP) is 4.32. The fourth-order valence-corrected chi connectivity index (χ4v) is 3.31. The van der Waals surface area contributed by atoms with Gasteiger partial charge in [-0.25, -0.2) is 4.98 Å². The summed E-state index contributed by atoms with van der Waals surface area (Å²) < 4.78 is 0. The Bertz CT molecular complexity index is 734. The number of benzene rings is 2. The van der Waals surface area contributed by atoms with Crippen LogP contribution in [0.1, 0.15) is 10.6 Å². The van der Waals surface area contributed by atoms with Gasteiger partial charge in [-0.2, -0.15) is 0 Å². The van der Waals surface area contributed by atoms with Crippen LogP contribution in [0.5, 0.6) is 0 Å². The van der Waals surface area contributed by atoms with Gasteiger partial charge in [-0.1, -0.05) is 48.5 Å². The molecule has 0 aliphatic carbocycles. The standard InChI is InChI=1S/C18H17NOS/c1-13-17(10-11-20)19-18(21-13)16-9-5-8-15(12-16)14-6-3-2-4-7-14/h2-9,12,20H,10-11H2,1H3. The fraction of sp³-hybridized carbons (Fsp3) is 0.167. The molecule has 0 fully saturated rings. The smallest absolute Gasteiger partial charge is 0.123 e. The minimum atomic E-state index is 0.147. The van der Waals surface area contributed by atoms with E-state index in [9.17, 15) is 0 Å². The monoisotopic (exact) mass is 295 g/mol. The van der Waals surface area contributed by atoms with Crippen molar-refractivity contribution < 1.29 is 5.11 Å². The van der Waals surface area contributed by atoms with Gasteiger partial charge in [0.1, 0.15) is 5.01 Å². The Balaban J connectivity index is 1.98. The molecule has 2 aromatic carbocycles. The zero-order valence-corrected chi connectivity index (χ0v) is 12.7. The van der Waals surface area contributed by atoms with E-state index in [0.717, 1.165) is 16.3 Å². The maximum Gasteiger partial charge on any atom is 0.123 e. The lowest BCUT2D eigenvalue weighted by Gasteiger charge is -2.03. The van der Waals surface area contributed by atoms with Gasteiger partial charge >= 0.3 is 0 Å². The summed E-state index contributed by atoms with van der Waals surface area (Å²) >= 11 is 1.69. The highest BCUT2D eigenvalue weighted by atomic mass is 32.1. The van der Waals surface area contributed by atoms with Crippen molar-refractivity contribution in [2.24, 2.45) is 0 Å². The molecule has 3 aromatic rings. The molecule has 1 aromatic heterocycles. The fourth-order valence-electron chi connectivity index (χ4n) is 2.35. The molecule has 0 atom stereocenters. The first-order chi connectivity index (χ1) is 10.3. The second kappa shape index (κ2) is 6.20. The van der Waals surface area contributed by atoms with Crippen molar-refractivity contribution in [3.8, 4) is 21.7 Å². The van der Waals surface area contributed by atoms with Crippen LogP contribution in [0.4, 0.5) is 0 Å². The van der Waals surface area contributed by atoms with Crippen molar-refractivity contribution in [2.45, 2.75) is 13.3 Å². The molecule has 0 aliphatic rings. The number of aliphatic hydroxyl groups excluding tert-OH is 1. The van der Waals surface area contributed by atoms with Crippen LogP contribution in [0.3, 0.4) is 0 Å². The van der Waals surface area contributed by atoms with Gasteiger partial charge in [-0.15, -0.1) is 11.3 Å². The lowest BCUT2D eigenvalue weighted by Crippen LogP contribution is -1.92. The third kappa shape index (κ3) is 3.04. The van der Waals surface area contributed by atoms with Crippen LogP contribution in [0.25, 0.3) is 21.7 Å². The van der Waals surface area contributed by atoms with Gasteiger partial charge in [0, 0.05) is 23.5 Å². The zero-order chi connectivity index (χ0) is 14.7. The highest BCUT2D eigenvalue weighted by Gasteiger charge is 2.09. The largest absolute Gasteiger partial charge is 0.396 e. The van der Waals surface area contributed by atoms with Crippen molar-refractivity contribution in [1.82, 2.24) is 4.98 Å². The molecule has 1 heterocycles. The molecule has 0 saturated heterocycles. The molecule has 2 nitrogen and oxygen atoms in total. The number of aromatic nitrogens is 1. The number of hydrogen-bond acceptors (Lipinski definition) is 3. The lowest BCUT2D eigenvalue weighted by molar-refractivity contribution is 0.298. The summed E-state index contributed by atoms with van der Waals surface area (Å²) in [5.74, 6) is 0. The Morgan fingerprint density at radius 2 is 1.67 bits per heavy atom. The maximum absolute atomic E-state index is 9.08. The van der Waals surface area contributed by atoms with Crippen molar-refractivity contribution in [1.29, 1.82) is 0 Å². The summed E-state index contributed by atoms with van der Waals surface area (Å²) in [7, 11) is 0. The SMILES string of the molecule is Cc1sc(-c2cccc(-c3ccccc3)c2)nc1CCO. The lowest BCUT2D eigenvalue weighted by atomic mass is 10.0. The minimum absolute atomic E-state index is 0.147. The second-order valence-electron chi connectivity index (χ2n) is 4.94. The van der Waals surface area contributed by atoms with E-state index < -0.39 is 0 Å². The summed E-state index contributed by atoms with van der Waals surface area (Å²) in [4.78, 5) is 5.85. The molecule has 0 amide bonds. The molecule has 3 rings (SSSR count). The molecule has 0 saturated carbocycles. The van der Waals surface area contributed by atoms with Crippen LogP contribution < -0.4 is 0 Å². The van der Waals surface area contributed by atoms with Gasteiger partial charge in [0.2, 0.25) is 0 Å². The van der Waals surface area contributed by atoms with E-state index in [0.29, 0.717) is 6.42 Å². The summed E-state index contributed by atoms with van der Waals surface area (Å²) in [6.07, 6.45) is 0.626. The number of aliphatic hydroxyl groups is 1. The molecule has 0 spiro atoms. The van der Waals surface area contributed by atoms with Gasteiger partial charge in [0.15, 0.2) is 0 Å². The summed E-state index contributed by atoms with van der Waals surface area (Å²) in [6.45, 7) is 2.21. The molecule has 0 radical (unpaired) electrons. The van der Waals surface area contributed by atoms with E-state index in [1.807, 2.05) is 6.07 Å². The third-order valence-corrected chi connectivity index (χ3v) is 4.52. The average Bonchev–Trinajstić information content (AvgIpc) is 2.90. The first kappa shape index (κ1) is 14.0. The number of hydrogen-bond donors (Lipinski definition) is 1. The molecule has 0 aliphatic heterocycles. The summed E-state index contributed by atoms with van der Waals surface area (Å²) in [6, 6.07) is 18.8. The second-order valence-corrected chi connectivity index (χ2v) is 6.15. The molecule has 0 unspecified atom stereocenters. The Morgan fingerprint density at radius 1 is 0.952 bits per heavy atom. The van der Waals surface area contributed by atoms with Crippen LogP contribution in [0.2, 0.25) is 0 Å². The summed E-state index contributed by atoms with van der Waals surface area (Å²) in [5.41, 5.74) is 4.55. The molecule has 106 valence electrons. The van der Waals surface area contributed by atoms with Gasteiger partial charge in [0.25, 0.3) is 0 Å². The highest BCUT2D eigenvalue weighted by molar-refractivity contribution is 7.15. The van der Waals surface area contributed by atoms with Crippen molar-refractivity contribution >= 4 is 11.3 Å². The van der Waals surface area contributed by atoms with E-state index in [2.05, 4.69) is 60.4 Å². The van der Waals surface area contributed by atoms with Crippen molar-refractivity contribution in [3.05, 3.63) is 65.2 Å². The quantitative estimate of drug-likeness (QED) is 0.777. The number of thiazole rings is 1. The highest BCUT2D eigenvalue weighted by Crippen LogP contribution is 2.30. The normalized spacial score (nSPS) is 10.8. The van der Waals surface area contributed by atoms with E-state index >= 15 is 0 Å². The maximum atomic E-state index is 9.08. The molecule has 0 bridgehead atoms. The Hall–Kier alpha value is -1.97. The van der Waals surface area contributed by atoms with Crippen LogP contribution in [-0.4, -0.2) is 16.7 Å². The molecular weight excluding hydrogens is 278 g/mol. The van der Waals surface area contributed by atoms with Crippen LogP contribution in [0, 0.1) is 6.92 Å². The van der Waals surface area contributed by atoms with Crippen LogP contribution in [-0.2, 0) is 6.42 Å². The number of nitrogens with zero attached hydrogens (tertiary/aromatic N) is 1. The van der Waals surface area contributed by atoms with Crippen molar-refractivity contribution in [3.63, 3.8) is 0 Å². The van der Waals surface area contributed by atoms with Crippen LogP contribution in [0.15, 0.2) is 54.6 Å². The number of rotatable bonds is 4. The molecule has 21 heavy (non-hydrogen) atoms. The van der Waals surface area contributed by atoms with E-state index in [1.54, 1.807) is 11.3 Å². The Kier molecular flexibility index (Phi) is 4.13. The van der Waals surface area contributed by atoms with Gasteiger partial charge in [-0.05, 0) is 24.1 Å². The van der Waals surface area contributed by atoms with Gasteiger partial charge < -0.3 is 5.11 Å². The topological polar surface area (TPSA) is 33.1 Å². The number of aryl methyl sites for hydroxylation is 1. The first-order valence-corrected chi connectivity index (χ1v) is 7.82. The minimum Gasteiger partial charge on any atom is -0.396 e. The molecular formula is C18H17NOS. The van der Waals surface area contributed by atoms with Gasteiger partial charge in [0.05, 0.1) is 5.69 Å². The van der Waals surface area contributed by atoms with Gasteiger partial charge in [-0.3, -0.25) is 0 Å².